The van der Waals surface area contributed by atoms with Crippen molar-refractivity contribution in [1.29, 1.82) is 0 Å². The van der Waals surface area contributed by atoms with Crippen LogP contribution in [0.5, 0.6) is 0 Å². The van der Waals surface area contributed by atoms with Gasteiger partial charge in [-0.25, -0.2) is 0 Å². The number of nitrogens with one attached hydrogen (secondary N) is 3. The minimum Gasteiger partial charge on any atom is -0.465 e. The van der Waals surface area contributed by atoms with Gasteiger partial charge in [0.15, 0.2) is 0 Å². The Morgan fingerprint density at radius 1 is 1.32 bits per heavy atom. The zero-order chi connectivity index (χ0) is 18.2. The summed E-state index contributed by atoms with van der Waals surface area (Å²) in [6.07, 6.45) is 0.650. The van der Waals surface area contributed by atoms with Crippen molar-refractivity contribution in [3.63, 3.8) is 0 Å². The van der Waals surface area contributed by atoms with Crippen molar-refractivity contribution in [3.05, 3.63) is 47.3 Å². The molecular weight excluding hydrogens is 320 g/mol. The molecule has 1 aromatic heterocycles. The summed E-state index contributed by atoms with van der Waals surface area (Å²) < 4.78 is 4.86. The van der Waals surface area contributed by atoms with Gasteiger partial charge in [-0.3, -0.25) is 14.7 Å². The lowest BCUT2D eigenvalue weighted by atomic mass is 10.1. The predicted molar refractivity (Wildman–Crippen MR) is 95.5 cm³/mol. The van der Waals surface area contributed by atoms with E-state index in [4.69, 9.17) is 4.74 Å². The maximum atomic E-state index is 12.4. The average Bonchev–Trinajstić information content (AvgIpc) is 2.98. The van der Waals surface area contributed by atoms with Crippen LogP contribution in [0.1, 0.15) is 35.6 Å². The van der Waals surface area contributed by atoms with Gasteiger partial charge in [0, 0.05) is 29.4 Å². The minimum absolute atomic E-state index is 0.0497. The Kier molecular flexibility index (Phi) is 6.56. The van der Waals surface area contributed by atoms with E-state index >= 15 is 0 Å². The lowest BCUT2D eigenvalue weighted by molar-refractivity contribution is -0.140. The quantitative estimate of drug-likeness (QED) is 0.637. The fourth-order valence-electron chi connectivity index (χ4n) is 2.41. The lowest BCUT2D eigenvalue weighted by Crippen LogP contribution is -2.34. The van der Waals surface area contributed by atoms with E-state index in [1.807, 2.05) is 19.9 Å². The number of aromatic nitrogens is 2. The van der Waals surface area contributed by atoms with Crippen molar-refractivity contribution in [2.24, 2.45) is 0 Å². The van der Waals surface area contributed by atoms with Gasteiger partial charge in [-0.15, -0.1) is 0 Å². The molecule has 25 heavy (non-hydrogen) atoms. The molecule has 0 radical (unpaired) electrons. The molecule has 134 valence electrons. The summed E-state index contributed by atoms with van der Waals surface area (Å²) in [7, 11) is 0. The van der Waals surface area contributed by atoms with Gasteiger partial charge in [0.05, 0.1) is 12.3 Å². The molecule has 1 atom stereocenters. The molecule has 0 saturated carbocycles. The van der Waals surface area contributed by atoms with E-state index in [0.29, 0.717) is 24.3 Å². The molecule has 1 heterocycles. The van der Waals surface area contributed by atoms with Crippen LogP contribution in [0.2, 0.25) is 0 Å². The Hall–Kier alpha value is -2.83. The molecule has 0 fully saturated rings. The van der Waals surface area contributed by atoms with Crippen LogP contribution in [0.15, 0.2) is 30.3 Å². The number of ether oxygens (including phenoxy) is 1. The van der Waals surface area contributed by atoms with Gasteiger partial charge in [-0.1, -0.05) is 6.07 Å². The van der Waals surface area contributed by atoms with E-state index in [1.54, 1.807) is 31.2 Å². The Bertz CT molecular complexity index is 727. The van der Waals surface area contributed by atoms with Crippen LogP contribution in [-0.4, -0.2) is 41.3 Å². The summed E-state index contributed by atoms with van der Waals surface area (Å²) in [5.41, 5.74) is 3.12. The highest BCUT2D eigenvalue weighted by atomic mass is 16.5. The van der Waals surface area contributed by atoms with Gasteiger partial charge in [-0.2, -0.15) is 5.10 Å². The predicted octanol–water partition coefficient (Wildman–Crippen LogP) is 2.05. The molecule has 7 heteroatoms. The summed E-state index contributed by atoms with van der Waals surface area (Å²) in [5.74, 6) is -0.500. The van der Waals surface area contributed by atoms with Crippen molar-refractivity contribution in [3.8, 4) is 0 Å². The molecule has 2 rings (SSSR count). The second kappa shape index (κ2) is 8.86. The maximum absolute atomic E-state index is 12.4. The number of hydrogen-bond acceptors (Lipinski definition) is 5. The fourth-order valence-corrected chi connectivity index (χ4v) is 2.41. The zero-order valence-electron chi connectivity index (χ0n) is 14.8. The second-order valence-electron chi connectivity index (χ2n) is 5.86. The number of anilines is 1. The number of amides is 1. The fraction of sp³-hybridized carbons (Fsp3) is 0.389. The molecular formula is C18H24N4O3. The Labute approximate surface area is 147 Å². The van der Waals surface area contributed by atoms with E-state index in [1.165, 1.54) is 0 Å². The Morgan fingerprint density at radius 3 is 2.80 bits per heavy atom. The molecule has 0 bridgehead atoms. The maximum Gasteiger partial charge on any atom is 0.325 e. The van der Waals surface area contributed by atoms with E-state index in [-0.39, 0.29) is 24.5 Å². The smallest absolute Gasteiger partial charge is 0.325 e. The average molecular weight is 344 g/mol. The number of esters is 1. The number of nitrogens with zero attached hydrogens (tertiary/aromatic N) is 1. The van der Waals surface area contributed by atoms with Crippen molar-refractivity contribution < 1.29 is 14.3 Å². The van der Waals surface area contributed by atoms with E-state index < -0.39 is 0 Å². The molecule has 0 spiro atoms. The number of rotatable bonds is 8. The van der Waals surface area contributed by atoms with Crippen LogP contribution in [0, 0.1) is 6.92 Å². The Balaban J connectivity index is 1.90. The molecule has 2 aromatic rings. The summed E-state index contributed by atoms with van der Waals surface area (Å²) >= 11 is 0. The van der Waals surface area contributed by atoms with E-state index in [2.05, 4.69) is 20.8 Å². The summed E-state index contributed by atoms with van der Waals surface area (Å²) in [6, 6.07) is 8.92. The minimum atomic E-state index is -0.333. The van der Waals surface area contributed by atoms with Gasteiger partial charge in [0.2, 0.25) is 0 Å². The molecule has 1 amide bonds. The van der Waals surface area contributed by atoms with Gasteiger partial charge in [0.25, 0.3) is 5.91 Å². The third-order valence-electron chi connectivity index (χ3n) is 3.52. The van der Waals surface area contributed by atoms with Gasteiger partial charge in [0.1, 0.15) is 6.54 Å². The normalized spacial score (nSPS) is 11.6. The molecule has 0 aliphatic rings. The highest BCUT2D eigenvalue weighted by Crippen LogP contribution is 2.11. The highest BCUT2D eigenvalue weighted by molar-refractivity contribution is 5.95. The van der Waals surface area contributed by atoms with Crippen molar-refractivity contribution in [2.45, 2.75) is 33.2 Å². The first-order valence-corrected chi connectivity index (χ1v) is 8.29. The van der Waals surface area contributed by atoms with Gasteiger partial charge in [-0.05, 0) is 45.0 Å². The van der Waals surface area contributed by atoms with Gasteiger partial charge >= 0.3 is 5.97 Å². The number of hydrogen-bond donors (Lipinski definition) is 3. The number of aryl methyl sites for hydroxylation is 1. The highest BCUT2D eigenvalue weighted by Gasteiger charge is 2.12. The second-order valence-corrected chi connectivity index (χ2v) is 5.86. The van der Waals surface area contributed by atoms with Crippen molar-refractivity contribution in [1.82, 2.24) is 15.5 Å². The number of carbonyl (C=O) groups is 2. The van der Waals surface area contributed by atoms with Crippen LogP contribution in [0.3, 0.4) is 0 Å². The number of carbonyl (C=O) groups excluding carboxylic acids is 2. The van der Waals surface area contributed by atoms with E-state index in [9.17, 15) is 9.59 Å². The number of aromatic amines is 1. The summed E-state index contributed by atoms with van der Waals surface area (Å²) in [6.45, 7) is 6.04. The van der Waals surface area contributed by atoms with Crippen LogP contribution in [0.4, 0.5) is 5.69 Å². The largest absolute Gasteiger partial charge is 0.465 e. The lowest BCUT2D eigenvalue weighted by Gasteiger charge is -2.13. The van der Waals surface area contributed by atoms with Crippen LogP contribution in [0.25, 0.3) is 0 Å². The SMILES string of the molecule is CCOC(=O)CNc1cccc(C(=O)NC(C)Cc2cc(C)[nH]n2)c1. The standard InChI is InChI=1S/C18H24N4O3/c1-4-25-17(23)11-19-15-7-5-6-14(10-15)18(24)20-12(2)8-16-9-13(3)21-22-16/h5-7,9-10,12,19H,4,8,11H2,1-3H3,(H,20,24)(H,21,22). The zero-order valence-corrected chi connectivity index (χ0v) is 14.8. The van der Waals surface area contributed by atoms with Crippen molar-refractivity contribution in [2.75, 3.05) is 18.5 Å². The monoisotopic (exact) mass is 344 g/mol. The first-order chi connectivity index (χ1) is 12.0. The van der Waals surface area contributed by atoms with Crippen LogP contribution < -0.4 is 10.6 Å². The summed E-state index contributed by atoms with van der Waals surface area (Å²) in [4.78, 5) is 23.8. The molecule has 0 aliphatic heterocycles. The molecule has 0 aliphatic carbocycles. The summed E-state index contributed by atoms with van der Waals surface area (Å²) in [5, 5.41) is 13.0. The molecule has 0 saturated heterocycles. The first kappa shape index (κ1) is 18.5. The third kappa shape index (κ3) is 5.95. The van der Waals surface area contributed by atoms with Crippen LogP contribution in [-0.2, 0) is 16.0 Å². The molecule has 7 nitrogen and oxygen atoms in total. The number of H-pyrrole nitrogens is 1. The molecule has 1 aromatic carbocycles. The van der Waals surface area contributed by atoms with E-state index in [0.717, 1.165) is 11.4 Å². The first-order valence-electron chi connectivity index (χ1n) is 8.29. The topological polar surface area (TPSA) is 96.1 Å². The van der Waals surface area contributed by atoms with Crippen molar-refractivity contribution >= 4 is 17.6 Å². The van der Waals surface area contributed by atoms with Crippen LogP contribution >= 0.6 is 0 Å². The van der Waals surface area contributed by atoms with Gasteiger partial charge < -0.3 is 15.4 Å². The number of benzene rings is 1. The molecule has 1 unspecified atom stereocenters. The molecule has 3 N–H and O–H groups in total. The Morgan fingerprint density at radius 2 is 2.12 bits per heavy atom. The third-order valence-corrected chi connectivity index (χ3v) is 3.52.